The largest absolute Gasteiger partial charge is 0.339 e. The molecule has 7 nitrogen and oxygen atoms in total. The Bertz CT molecular complexity index is 1010. The molecule has 0 unspecified atom stereocenters. The van der Waals surface area contributed by atoms with Crippen molar-refractivity contribution in [1.29, 1.82) is 0 Å². The van der Waals surface area contributed by atoms with Gasteiger partial charge in [-0.2, -0.15) is 4.31 Å². The number of carbonyl (C=O) groups is 2. The lowest BCUT2D eigenvalue weighted by atomic mass is 10.2. The highest BCUT2D eigenvalue weighted by atomic mass is 35.5. The van der Waals surface area contributed by atoms with Gasteiger partial charge in [0.25, 0.3) is 0 Å². The first-order valence-electron chi connectivity index (χ1n) is 9.48. The molecule has 1 aromatic carbocycles. The molecule has 0 saturated carbocycles. The monoisotopic (exact) mass is 469 g/mol. The number of halogens is 1. The number of hydrogen-bond acceptors (Lipinski definition) is 6. The van der Waals surface area contributed by atoms with E-state index in [9.17, 15) is 18.0 Å². The van der Waals surface area contributed by atoms with E-state index in [2.05, 4.69) is 0 Å². The molecular formula is C20H24ClN3O4S2. The van der Waals surface area contributed by atoms with Gasteiger partial charge in [-0.3, -0.25) is 14.5 Å². The standard InChI is InChI=1S/C20H24ClN3O4S2/c1-15(25)16-3-6-18(7-4-16)30(27,28)24-11-9-23(10-12-24)20(26)14-22(2)13-17-5-8-19(21)29-17/h3-8H,9-14H2,1-2H3. The van der Waals surface area contributed by atoms with Crippen molar-refractivity contribution in [2.45, 2.75) is 18.4 Å². The third-order valence-electron chi connectivity index (χ3n) is 4.95. The number of thiophene rings is 1. The number of sulfonamides is 1. The van der Waals surface area contributed by atoms with Crippen LogP contribution in [0.3, 0.4) is 0 Å². The van der Waals surface area contributed by atoms with Gasteiger partial charge in [-0.25, -0.2) is 8.42 Å². The van der Waals surface area contributed by atoms with Crippen LogP contribution in [0.4, 0.5) is 0 Å². The maximum atomic E-state index is 12.8. The lowest BCUT2D eigenvalue weighted by Crippen LogP contribution is -2.52. The van der Waals surface area contributed by atoms with Crippen molar-refractivity contribution in [3.8, 4) is 0 Å². The molecule has 0 aliphatic carbocycles. The van der Waals surface area contributed by atoms with Crippen molar-refractivity contribution in [2.24, 2.45) is 0 Å². The second-order valence-corrected chi connectivity index (χ2v) is 11.0. The molecule has 3 rings (SSSR count). The molecule has 1 saturated heterocycles. The van der Waals surface area contributed by atoms with Crippen LogP contribution >= 0.6 is 22.9 Å². The van der Waals surface area contributed by atoms with Crippen molar-refractivity contribution < 1.29 is 18.0 Å². The van der Waals surface area contributed by atoms with Gasteiger partial charge in [0.15, 0.2) is 5.78 Å². The zero-order valence-corrected chi connectivity index (χ0v) is 19.3. The van der Waals surface area contributed by atoms with Gasteiger partial charge in [-0.1, -0.05) is 23.7 Å². The Morgan fingerprint density at radius 3 is 2.23 bits per heavy atom. The van der Waals surface area contributed by atoms with E-state index in [0.29, 0.717) is 25.2 Å². The van der Waals surface area contributed by atoms with E-state index in [1.165, 1.54) is 46.8 Å². The van der Waals surface area contributed by atoms with E-state index in [0.717, 1.165) is 9.21 Å². The van der Waals surface area contributed by atoms with Crippen molar-refractivity contribution in [1.82, 2.24) is 14.1 Å². The molecule has 2 heterocycles. The first-order valence-corrected chi connectivity index (χ1v) is 12.1. The summed E-state index contributed by atoms with van der Waals surface area (Å²) < 4.78 is 27.8. The number of amides is 1. The van der Waals surface area contributed by atoms with Crippen LogP contribution in [0.2, 0.25) is 4.34 Å². The molecule has 1 fully saturated rings. The van der Waals surface area contributed by atoms with Crippen LogP contribution in [0.5, 0.6) is 0 Å². The van der Waals surface area contributed by atoms with E-state index >= 15 is 0 Å². The summed E-state index contributed by atoms with van der Waals surface area (Å²) in [6.45, 7) is 3.51. The summed E-state index contributed by atoms with van der Waals surface area (Å²) in [5.41, 5.74) is 0.471. The topological polar surface area (TPSA) is 78.0 Å². The van der Waals surface area contributed by atoms with Crippen LogP contribution in [0.1, 0.15) is 22.2 Å². The maximum absolute atomic E-state index is 12.8. The highest BCUT2D eigenvalue weighted by molar-refractivity contribution is 7.89. The lowest BCUT2D eigenvalue weighted by molar-refractivity contribution is -0.133. The fourth-order valence-electron chi connectivity index (χ4n) is 3.28. The molecule has 1 aliphatic rings. The van der Waals surface area contributed by atoms with Crippen molar-refractivity contribution in [2.75, 3.05) is 39.8 Å². The smallest absolute Gasteiger partial charge is 0.243 e. The van der Waals surface area contributed by atoms with Crippen molar-refractivity contribution in [3.63, 3.8) is 0 Å². The zero-order chi connectivity index (χ0) is 21.9. The number of likely N-dealkylation sites (N-methyl/N-ethyl adjacent to an activating group) is 1. The van der Waals surface area contributed by atoms with Gasteiger partial charge in [0.2, 0.25) is 15.9 Å². The van der Waals surface area contributed by atoms with Crippen LogP contribution in [-0.4, -0.2) is 74.0 Å². The number of rotatable bonds is 7. The van der Waals surface area contributed by atoms with Crippen LogP contribution in [-0.2, 0) is 21.4 Å². The van der Waals surface area contributed by atoms with Crippen molar-refractivity contribution >= 4 is 44.7 Å². The normalized spacial score (nSPS) is 15.5. The second-order valence-electron chi connectivity index (χ2n) is 7.24. The van der Waals surface area contributed by atoms with Crippen LogP contribution in [0, 0.1) is 0 Å². The number of benzene rings is 1. The third kappa shape index (κ3) is 5.47. The maximum Gasteiger partial charge on any atom is 0.243 e. The lowest BCUT2D eigenvalue weighted by Gasteiger charge is -2.34. The third-order valence-corrected chi connectivity index (χ3v) is 8.08. The minimum Gasteiger partial charge on any atom is -0.339 e. The molecule has 0 atom stereocenters. The SMILES string of the molecule is CC(=O)c1ccc(S(=O)(=O)N2CCN(C(=O)CN(C)Cc3ccc(Cl)s3)CC2)cc1. The molecule has 0 N–H and O–H groups in total. The van der Waals surface area contributed by atoms with Crippen LogP contribution < -0.4 is 0 Å². The molecule has 0 spiro atoms. The summed E-state index contributed by atoms with van der Waals surface area (Å²) in [7, 11) is -1.78. The van der Waals surface area contributed by atoms with Crippen LogP contribution in [0.15, 0.2) is 41.3 Å². The number of Topliss-reactive ketones (excluding diaryl/α,β-unsaturated/α-hetero) is 1. The Labute approximate surface area is 185 Å². The Morgan fingerprint density at radius 1 is 1.07 bits per heavy atom. The summed E-state index contributed by atoms with van der Waals surface area (Å²) in [5.74, 6) is -0.138. The number of nitrogens with zero attached hydrogens (tertiary/aromatic N) is 3. The van der Waals surface area contributed by atoms with Crippen molar-refractivity contribution in [3.05, 3.63) is 51.2 Å². The minimum atomic E-state index is -3.65. The Balaban J connectivity index is 1.54. The molecule has 0 bridgehead atoms. The highest BCUT2D eigenvalue weighted by Gasteiger charge is 2.30. The first kappa shape index (κ1) is 22.9. The average molecular weight is 470 g/mol. The van der Waals surface area contributed by atoms with Gasteiger partial charge in [-0.15, -0.1) is 11.3 Å². The van der Waals surface area contributed by atoms with Gasteiger partial charge in [-0.05, 0) is 38.2 Å². The molecule has 162 valence electrons. The number of carbonyl (C=O) groups excluding carboxylic acids is 2. The fraction of sp³-hybridized carbons (Fsp3) is 0.400. The predicted molar refractivity (Wildman–Crippen MR) is 117 cm³/mol. The quantitative estimate of drug-likeness (QED) is 0.582. The van der Waals surface area contributed by atoms with Gasteiger partial charge in [0.1, 0.15) is 0 Å². The van der Waals surface area contributed by atoms with E-state index in [1.54, 1.807) is 4.90 Å². The molecule has 10 heteroatoms. The van der Waals surface area contributed by atoms with E-state index < -0.39 is 10.0 Å². The number of hydrogen-bond donors (Lipinski definition) is 0. The highest BCUT2D eigenvalue weighted by Crippen LogP contribution is 2.22. The van der Waals surface area contributed by atoms with E-state index in [1.807, 2.05) is 24.1 Å². The summed E-state index contributed by atoms with van der Waals surface area (Å²) in [6.07, 6.45) is 0. The Morgan fingerprint density at radius 2 is 1.70 bits per heavy atom. The molecule has 2 aromatic rings. The second kappa shape index (κ2) is 9.57. The predicted octanol–water partition coefficient (Wildman–Crippen LogP) is 2.57. The fourth-order valence-corrected chi connectivity index (χ4v) is 5.87. The molecule has 30 heavy (non-hydrogen) atoms. The Kier molecular flexibility index (Phi) is 7.30. The molecule has 1 aromatic heterocycles. The molecule has 1 amide bonds. The number of ketones is 1. The summed E-state index contributed by atoms with van der Waals surface area (Å²) in [6, 6.07) is 9.73. The minimum absolute atomic E-state index is 0.0250. The first-order chi connectivity index (χ1) is 14.2. The molecule has 0 radical (unpaired) electrons. The molecule has 1 aliphatic heterocycles. The van der Waals surface area contributed by atoms with Gasteiger partial charge < -0.3 is 4.90 Å². The summed E-state index contributed by atoms with van der Waals surface area (Å²) >= 11 is 7.43. The average Bonchev–Trinajstić information content (AvgIpc) is 3.12. The molecular weight excluding hydrogens is 446 g/mol. The van der Waals surface area contributed by atoms with Gasteiger partial charge >= 0.3 is 0 Å². The van der Waals surface area contributed by atoms with Crippen LogP contribution in [0.25, 0.3) is 0 Å². The van der Waals surface area contributed by atoms with Gasteiger partial charge in [0.05, 0.1) is 15.8 Å². The summed E-state index contributed by atoms with van der Waals surface area (Å²) in [4.78, 5) is 28.8. The van der Waals surface area contributed by atoms with Gasteiger partial charge in [0, 0.05) is 43.2 Å². The zero-order valence-electron chi connectivity index (χ0n) is 16.9. The van der Waals surface area contributed by atoms with E-state index in [4.69, 9.17) is 11.6 Å². The summed E-state index contributed by atoms with van der Waals surface area (Å²) in [5, 5.41) is 0. The number of piperazine rings is 1. The van der Waals surface area contributed by atoms with E-state index in [-0.39, 0.29) is 36.2 Å². The Hall–Kier alpha value is -1.78.